The molecule has 0 aliphatic heterocycles. The lowest BCUT2D eigenvalue weighted by Crippen LogP contribution is -2.38. The van der Waals surface area contributed by atoms with Crippen molar-refractivity contribution in [3.63, 3.8) is 0 Å². The molecule has 4 aromatic rings. The van der Waals surface area contributed by atoms with Crippen LogP contribution in [0.25, 0.3) is 5.69 Å². The van der Waals surface area contributed by atoms with Gasteiger partial charge >= 0.3 is 0 Å². The highest BCUT2D eigenvalue weighted by molar-refractivity contribution is 8.00. The molecule has 0 radical (unpaired) electrons. The Hall–Kier alpha value is -3.84. The van der Waals surface area contributed by atoms with Crippen molar-refractivity contribution in [3.8, 4) is 5.69 Å². The van der Waals surface area contributed by atoms with Gasteiger partial charge in [-0.25, -0.2) is 4.68 Å². The molecule has 0 saturated carbocycles. The van der Waals surface area contributed by atoms with E-state index in [1.807, 2.05) is 97.9 Å². The second-order valence-electron chi connectivity index (χ2n) is 10.2. The van der Waals surface area contributed by atoms with Gasteiger partial charge in [-0.1, -0.05) is 87.5 Å². The molecule has 2 amide bonds. The summed E-state index contributed by atoms with van der Waals surface area (Å²) in [5.41, 5.74) is 3.59. The molecule has 3 aromatic carbocycles. The predicted octanol–water partition coefficient (Wildman–Crippen LogP) is 6.24. The number of benzene rings is 3. The fourth-order valence-corrected chi connectivity index (χ4v) is 4.79. The first-order valence-corrected chi connectivity index (χ1v) is 13.7. The number of rotatable bonds is 9. The van der Waals surface area contributed by atoms with Gasteiger partial charge in [-0.05, 0) is 36.2 Å². The summed E-state index contributed by atoms with van der Waals surface area (Å²) in [6.45, 7) is 8.58. The van der Waals surface area contributed by atoms with Crippen LogP contribution in [-0.4, -0.2) is 38.8 Å². The Kier molecular flexibility index (Phi) is 8.69. The molecule has 0 atom stereocenters. The van der Waals surface area contributed by atoms with E-state index in [4.69, 9.17) is 5.10 Å². The number of amides is 2. The molecule has 0 bridgehead atoms. The molecule has 1 N–H and O–H groups in total. The summed E-state index contributed by atoms with van der Waals surface area (Å²) >= 11 is 1.47. The third-order valence-electron chi connectivity index (χ3n) is 6.10. The van der Waals surface area contributed by atoms with E-state index in [1.165, 1.54) is 11.8 Å². The molecule has 1 aromatic heterocycles. The monoisotopic (exact) mass is 526 g/mol. The molecule has 0 aliphatic carbocycles. The van der Waals surface area contributed by atoms with Crippen LogP contribution in [0.5, 0.6) is 0 Å². The SMILES string of the molecule is Cc1ccccc1-n1nc(C(C)(C)C)cc1NC(=O)CN(Cc1ccccc1)C(=O)CSc1ccccc1. The summed E-state index contributed by atoms with van der Waals surface area (Å²) in [5, 5.41) is 7.86. The summed E-state index contributed by atoms with van der Waals surface area (Å²) in [6, 6.07) is 29.4. The van der Waals surface area contributed by atoms with Crippen molar-refractivity contribution in [2.24, 2.45) is 0 Å². The minimum Gasteiger partial charge on any atom is -0.328 e. The van der Waals surface area contributed by atoms with Gasteiger partial charge in [-0.2, -0.15) is 5.10 Å². The number of thioether (sulfide) groups is 1. The maximum atomic E-state index is 13.4. The van der Waals surface area contributed by atoms with E-state index in [2.05, 4.69) is 26.1 Å². The number of nitrogens with one attached hydrogen (secondary N) is 1. The number of hydrogen-bond acceptors (Lipinski definition) is 4. The van der Waals surface area contributed by atoms with Crippen LogP contribution in [0.15, 0.2) is 95.9 Å². The predicted molar refractivity (Wildman–Crippen MR) is 155 cm³/mol. The standard InChI is InChI=1S/C31H34N4O2S/c1-23-13-11-12-18-26(23)35-28(19-27(33-35)31(2,3)4)32-29(36)21-34(20-24-14-7-5-8-15-24)30(37)22-38-25-16-9-6-10-17-25/h5-19H,20-22H2,1-4H3,(H,32,36). The van der Waals surface area contributed by atoms with Crippen molar-refractivity contribution in [3.05, 3.63) is 108 Å². The quantitative estimate of drug-likeness (QED) is 0.262. The van der Waals surface area contributed by atoms with Crippen LogP contribution in [0, 0.1) is 6.92 Å². The Balaban J connectivity index is 1.55. The number of anilines is 1. The van der Waals surface area contributed by atoms with Crippen molar-refractivity contribution in [1.82, 2.24) is 14.7 Å². The molecule has 0 aliphatic rings. The Morgan fingerprint density at radius 2 is 1.55 bits per heavy atom. The number of para-hydroxylation sites is 1. The number of aryl methyl sites for hydroxylation is 1. The van der Waals surface area contributed by atoms with E-state index < -0.39 is 0 Å². The highest BCUT2D eigenvalue weighted by atomic mass is 32.2. The fourth-order valence-electron chi connectivity index (χ4n) is 3.97. The van der Waals surface area contributed by atoms with Gasteiger partial charge in [0.1, 0.15) is 12.4 Å². The van der Waals surface area contributed by atoms with Crippen molar-refractivity contribution in [2.45, 2.75) is 44.6 Å². The Bertz CT molecular complexity index is 1380. The molecule has 4 rings (SSSR count). The largest absolute Gasteiger partial charge is 0.328 e. The minimum absolute atomic E-state index is 0.0626. The average molecular weight is 527 g/mol. The van der Waals surface area contributed by atoms with Crippen LogP contribution in [0.1, 0.15) is 37.6 Å². The molecule has 6 nitrogen and oxygen atoms in total. The van der Waals surface area contributed by atoms with E-state index in [9.17, 15) is 9.59 Å². The number of carbonyl (C=O) groups excluding carboxylic acids is 2. The molecule has 0 saturated heterocycles. The Morgan fingerprint density at radius 3 is 2.21 bits per heavy atom. The first-order chi connectivity index (χ1) is 18.2. The molecule has 196 valence electrons. The zero-order valence-corrected chi connectivity index (χ0v) is 23.2. The highest BCUT2D eigenvalue weighted by Gasteiger charge is 2.24. The van der Waals surface area contributed by atoms with Gasteiger partial charge in [0.2, 0.25) is 11.8 Å². The fraction of sp³-hybridized carbons (Fsp3) is 0.258. The summed E-state index contributed by atoms with van der Waals surface area (Å²) in [6.07, 6.45) is 0. The van der Waals surface area contributed by atoms with Crippen LogP contribution in [0.4, 0.5) is 5.82 Å². The second-order valence-corrected chi connectivity index (χ2v) is 11.3. The topological polar surface area (TPSA) is 67.2 Å². The highest BCUT2D eigenvalue weighted by Crippen LogP contribution is 2.27. The maximum absolute atomic E-state index is 13.4. The van der Waals surface area contributed by atoms with Gasteiger partial charge in [-0.3, -0.25) is 9.59 Å². The Labute approximate surface area is 229 Å². The third kappa shape index (κ3) is 7.13. The lowest BCUT2D eigenvalue weighted by molar-refractivity contribution is -0.133. The van der Waals surface area contributed by atoms with Gasteiger partial charge in [-0.15, -0.1) is 11.8 Å². The second kappa shape index (κ2) is 12.1. The number of carbonyl (C=O) groups is 2. The summed E-state index contributed by atoms with van der Waals surface area (Å²) in [4.78, 5) is 29.3. The van der Waals surface area contributed by atoms with Gasteiger partial charge < -0.3 is 10.2 Å². The molecule has 7 heteroatoms. The normalized spacial score (nSPS) is 11.3. The third-order valence-corrected chi connectivity index (χ3v) is 7.09. The molecule has 0 spiro atoms. The van der Waals surface area contributed by atoms with Gasteiger partial charge in [0.05, 0.1) is 17.1 Å². The molecule has 38 heavy (non-hydrogen) atoms. The summed E-state index contributed by atoms with van der Waals surface area (Å²) in [5.74, 6) is 0.467. The molecule has 0 fully saturated rings. The van der Waals surface area contributed by atoms with Crippen molar-refractivity contribution in [2.75, 3.05) is 17.6 Å². The van der Waals surface area contributed by atoms with E-state index in [-0.39, 0.29) is 29.5 Å². The zero-order chi connectivity index (χ0) is 27.1. The van der Waals surface area contributed by atoms with Crippen LogP contribution in [-0.2, 0) is 21.5 Å². The first-order valence-electron chi connectivity index (χ1n) is 12.7. The first kappa shape index (κ1) is 27.2. The lowest BCUT2D eigenvalue weighted by atomic mass is 9.92. The van der Waals surface area contributed by atoms with E-state index in [1.54, 1.807) is 9.58 Å². The molecule has 0 unspecified atom stereocenters. The van der Waals surface area contributed by atoms with Gasteiger partial charge in [0.25, 0.3) is 0 Å². The average Bonchev–Trinajstić information content (AvgIpc) is 3.32. The lowest BCUT2D eigenvalue weighted by Gasteiger charge is -2.22. The van der Waals surface area contributed by atoms with E-state index in [0.717, 1.165) is 27.4 Å². The number of aromatic nitrogens is 2. The van der Waals surface area contributed by atoms with E-state index in [0.29, 0.717) is 12.4 Å². The van der Waals surface area contributed by atoms with Gasteiger partial charge in [0.15, 0.2) is 0 Å². The number of hydrogen-bond donors (Lipinski definition) is 1. The van der Waals surface area contributed by atoms with E-state index >= 15 is 0 Å². The van der Waals surface area contributed by atoms with Crippen LogP contribution in [0.3, 0.4) is 0 Å². The maximum Gasteiger partial charge on any atom is 0.245 e. The minimum atomic E-state index is -0.269. The van der Waals surface area contributed by atoms with Crippen molar-refractivity contribution < 1.29 is 9.59 Å². The number of nitrogens with zero attached hydrogens (tertiary/aromatic N) is 3. The summed E-state index contributed by atoms with van der Waals surface area (Å²) in [7, 11) is 0. The van der Waals surface area contributed by atoms with Crippen molar-refractivity contribution >= 4 is 29.4 Å². The molecular weight excluding hydrogens is 492 g/mol. The van der Waals surface area contributed by atoms with Crippen LogP contribution < -0.4 is 5.32 Å². The van der Waals surface area contributed by atoms with Crippen LogP contribution >= 0.6 is 11.8 Å². The Morgan fingerprint density at radius 1 is 0.921 bits per heavy atom. The van der Waals surface area contributed by atoms with Crippen LogP contribution in [0.2, 0.25) is 0 Å². The zero-order valence-electron chi connectivity index (χ0n) is 22.3. The smallest absolute Gasteiger partial charge is 0.245 e. The van der Waals surface area contributed by atoms with Gasteiger partial charge in [0, 0.05) is 22.9 Å². The van der Waals surface area contributed by atoms with Crippen molar-refractivity contribution in [1.29, 1.82) is 0 Å². The summed E-state index contributed by atoms with van der Waals surface area (Å²) < 4.78 is 1.78. The molecule has 1 heterocycles. The molecular formula is C31H34N4O2S.